The molecule has 0 spiro atoms. The van der Waals surface area contributed by atoms with E-state index in [1.165, 1.54) is 0 Å². The molecular weight excluding hydrogens is 632 g/mol. The number of aliphatic imine (C=N–C) groups is 1. The van der Waals surface area contributed by atoms with Crippen molar-refractivity contribution in [1.82, 2.24) is 14.7 Å². The molecule has 4 aliphatic heterocycles. The third-order valence-corrected chi connectivity index (χ3v) is 9.88. The van der Waals surface area contributed by atoms with Crippen LogP contribution < -0.4 is 5.32 Å². The van der Waals surface area contributed by atoms with Gasteiger partial charge in [-0.15, -0.1) is 0 Å². The molecule has 0 aliphatic carbocycles. The Balaban J connectivity index is 0.960. The molecule has 256 valence electrons. The zero-order valence-corrected chi connectivity index (χ0v) is 27.9. The van der Waals surface area contributed by atoms with Crippen LogP contribution in [0.1, 0.15) is 42.4 Å². The minimum absolute atomic E-state index is 0.0388. The molecule has 0 bridgehead atoms. The van der Waals surface area contributed by atoms with Gasteiger partial charge in [0.2, 0.25) is 36.2 Å². The van der Waals surface area contributed by atoms with E-state index in [9.17, 15) is 24.3 Å². The number of aliphatic hydroxyl groups excluding tert-OH is 1. The number of fused-ring (bicyclic) bond motifs is 1. The van der Waals surface area contributed by atoms with Gasteiger partial charge >= 0.3 is 0 Å². The van der Waals surface area contributed by atoms with Crippen molar-refractivity contribution >= 4 is 41.1 Å². The number of hydrogen-bond donors (Lipinski definition) is 2. The largest absolute Gasteiger partial charge is 0.378 e. The van der Waals surface area contributed by atoms with Crippen LogP contribution in [0.4, 0.5) is 5.69 Å². The number of carbonyl (C=O) groups is 4. The van der Waals surface area contributed by atoms with Crippen molar-refractivity contribution in [1.29, 1.82) is 0 Å². The van der Waals surface area contributed by atoms with Crippen LogP contribution >= 0.6 is 0 Å². The standard InChI is InChI=1S/C39H40N6O5/c46-33(31-13-7-19-43(31)35(47)23-27-9-3-1-4-10-27)25-42-21-22-45-34(26-42)41-37(39(45)50)29-15-17-30(18-16-29)40-38(49)32-14-8-20-44(32)36(48)24-28-11-5-2-6-12-28/h1-6,9-12,15-18,21,26,31-32,36,48H,7-8,13-14,19-20,22-25H2/p+1/t31-,32-,36?/m0/s1. The second-order valence-electron chi connectivity index (χ2n) is 13.2. The van der Waals surface area contributed by atoms with Gasteiger partial charge in [-0.1, -0.05) is 72.8 Å². The first-order valence-electron chi connectivity index (χ1n) is 17.3. The summed E-state index contributed by atoms with van der Waals surface area (Å²) in [6, 6.07) is 25.4. The van der Waals surface area contributed by atoms with Gasteiger partial charge in [-0.3, -0.25) is 29.0 Å². The molecule has 1 unspecified atom stereocenters. The van der Waals surface area contributed by atoms with E-state index in [1.54, 1.807) is 51.1 Å². The normalized spacial score (nSPS) is 21.0. The summed E-state index contributed by atoms with van der Waals surface area (Å²) in [7, 11) is 0. The molecule has 2 N–H and O–H groups in total. The van der Waals surface area contributed by atoms with Crippen molar-refractivity contribution in [2.75, 3.05) is 31.5 Å². The molecule has 4 heterocycles. The molecule has 7 rings (SSSR count). The van der Waals surface area contributed by atoms with Gasteiger partial charge in [0.1, 0.15) is 18.5 Å². The first kappa shape index (κ1) is 33.2. The number of nitrogens with one attached hydrogen (secondary N) is 1. The molecule has 0 aromatic heterocycles. The quantitative estimate of drug-likeness (QED) is 0.302. The predicted molar refractivity (Wildman–Crippen MR) is 188 cm³/mol. The van der Waals surface area contributed by atoms with Gasteiger partial charge in [-0.25, -0.2) is 4.99 Å². The van der Waals surface area contributed by atoms with Gasteiger partial charge in [0.15, 0.2) is 6.21 Å². The van der Waals surface area contributed by atoms with Crippen LogP contribution in [0.3, 0.4) is 0 Å². The fourth-order valence-corrected chi connectivity index (χ4v) is 7.28. The van der Waals surface area contributed by atoms with Crippen LogP contribution in [0, 0.1) is 0 Å². The Labute approximate surface area is 291 Å². The first-order chi connectivity index (χ1) is 24.3. The molecule has 2 fully saturated rings. The van der Waals surface area contributed by atoms with Crippen LogP contribution in [-0.4, -0.2) is 104 Å². The minimum Gasteiger partial charge on any atom is -0.378 e. The molecule has 0 radical (unpaired) electrons. The summed E-state index contributed by atoms with van der Waals surface area (Å²) < 4.78 is 1.76. The third-order valence-electron chi connectivity index (χ3n) is 9.88. The molecule has 11 heteroatoms. The number of carbonyl (C=O) groups excluding carboxylic acids is 4. The van der Waals surface area contributed by atoms with Gasteiger partial charge in [0.05, 0.1) is 18.5 Å². The summed E-state index contributed by atoms with van der Waals surface area (Å²) in [5.74, 6) is -0.0405. The second-order valence-corrected chi connectivity index (χ2v) is 13.2. The van der Waals surface area contributed by atoms with Crippen LogP contribution in [0.15, 0.2) is 102 Å². The van der Waals surface area contributed by atoms with E-state index in [0.29, 0.717) is 49.4 Å². The highest BCUT2D eigenvalue weighted by molar-refractivity contribution is 6.47. The summed E-state index contributed by atoms with van der Waals surface area (Å²) in [5.41, 5.74) is 3.43. The number of hydrogen-bond acceptors (Lipinski definition) is 7. The van der Waals surface area contributed by atoms with E-state index in [4.69, 9.17) is 0 Å². The number of aliphatic hydroxyl groups is 1. The van der Waals surface area contributed by atoms with E-state index < -0.39 is 18.3 Å². The van der Waals surface area contributed by atoms with E-state index in [1.807, 2.05) is 65.6 Å². The number of rotatable bonds is 11. The average molecular weight is 674 g/mol. The number of Topliss-reactive ketones (excluding diaryl/α,β-unsaturated/α-hetero) is 1. The SMILES string of the molecule is O=C(C[N+]1=CCN2C(=O)C(c3ccc(NC(=O)[C@@H]4CCCN4C(O)Cc4ccccc4)cc3)=NC2=C1)[C@@H]1CCCN1C(=O)Cc1ccccc1. The summed E-state index contributed by atoms with van der Waals surface area (Å²) in [6.45, 7) is 1.58. The lowest BCUT2D eigenvalue weighted by Gasteiger charge is -2.28. The third kappa shape index (κ3) is 7.19. The van der Waals surface area contributed by atoms with Crippen LogP contribution in [0.25, 0.3) is 0 Å². The summed E-state index contributed by atoms with van der Waals surface area (Å²) in [5, 5.41) is 13.9. The zero-order chi connectivity index (χ0) is 34.6. The maximum atomic E-state index is 13.4. The Morgan fingerprint density at radius 1 is 0.880 bits per heavy atom. The Morgan fingerprint density at radius 3 is 2.30 bits per heavy atom. The van der Waals surface area contributed by atoms with Crippen molar-refractivity contribution < 1.29 is 28.9 Å². The van der Waals surface area contributed by atoms with Crippen LogP contribution in [-0.2, 0) is 32.0 Å². The summed E-state index contributed by atoms with van der Waals surface area (Å²) in [6.07, 6.45) is 6.38. The Bertz CT molecular complexity index is 1860. The van der Waals surface area contributed by atoms with Crippen LogP contribution in [0.2, 0.25) is 0 Å². The second kappa shape index (κ2) is 14.7. The highest BCUT2D eigenvalue weighted by Gasteiger charge is 2.39. The van der Waals surface area contributed by atoms with Gasteiger partial charge < -0.3 is 15.3 Å². The van der Waals surface area contributed by atoms with Gasteiger partial charge in [-0.05, 0) is 48.9 Å². The molecule has 3 aromatic rings. The number of benzene rings is 3. The first-order valence-corrected chi connectivity index (χ1v) is 17.3. The maximum absolute atomic E-state index is 13.4. The van der Waals surface area contributed by atoms with Crippen molar-refractivity contribution in [2.24, 2.45) is 4.99 Å². The summed E-state index contributed by atoms with van der Waals surface area (Å²) in [4.78, 5) is 62.8. The molecule has 2 saturated heterocycles. The number of ketones is 1. The van der Waals surface area contributed by atoms with E-state index in [-0.39, 0.29) is 48.7 Å². The fraction of sp³-hybridized carbons (Fsp3) is 0.333. The summed E-state index contributed by atoms with van der Waals surface area (Å²) >= 11 is 0. The zero-order valence-electron chi connectivity index (χ0n) is 27.9. The van der Waals surface area contributed by atoms with Gasteiger partial charge in [0, 0.05) is 30.8 Å². The lowest BCUT2D eigenvalue weighted by atomic mass is 10.1. The van der Waals surface area contributed by atoms with Crippen molar-refractivity contribution in [2.45, 2.75) is 56.8 Å². The molecule has 4 aliphatic rings. The molecule has 50 heavy (non-hydrogen) atoms. The maximum Gasteiger partial charge on any atom is 0.279 e. The number of nitrogens with zero attached hydrogens (tertiary/aromatic N) is 5. The van der Waals surface area contributed by atoms with Gasteiger partial charge in [-0.2, -0.15) is 4.58 Å². The van der Waals surface area contributed by atoms with E-state index in [2.05, 4.69) is 10.3 Å². The van der Waals surface area contributed by atoms with Gasteiger partial charge in [0.25, 0.3) is 5.91 Å². The van der Waals surface area contributed by atoms with E-state index >= 15 is 0 Å². The molecular formula is C39H41N6O5+. The monoisotopic (exact) mass is 673 g/mol. The Hall–Kier alpha value is -5.26. The number of amides is 3. The molecule has 11 nitrogen and oxygen atoms in total. The smallest absolute Gasteiger partial charge is 0.279 e. The van der Waals surface area contributed by atoms with Crippen LogP contribution in [0.5, 0.6) is 0 Å². The highest BCUT2D eigenvalue weighted by Crippen LogP contribution is 2.26. The fourth-order valence-electron chi connectivity index (χ4n) is 7.28. The number of likely N-dealkylation sites (tertiary alicyclic amines) is 2. The molecule has 3 atom stereocenters. The topological polar surface area (TPSA) is 126 Å². The Kier molecular flexibility index (Phi) is 9.77. The predicted octanol–water partition coefficient (Wildman–Crippen LogP) is 2.98. The minimum atomic E-state index is -0.755. The lowest BCUT2D eigenvalue weighted by Crippen LogP contribution is -2.46. The molecule has 0 saturated carbocycles. The average Bonchev–Trinajstić information content (AvgIpc) is 3.89. The van der Waals surface area contributed by atoms with Crippen molar-refractivity contribution in [3.8, 4) is 0 Å². The van der Waals surface area contributed by atoms with E-state index in [0.717, 1.165) is 24.0 Å². The molecule has 3 aromatic carbocycles. The highest BCUT2D eigenvalue weighted by atomic mass is 16.3. The lowest BCUT2D eigenvalue weighted by molar-refractivity contribution is -0.445. The Morgan fingerprint density at radius 2 is 1.56 bits per heavy atom. The number of anilines is 1. The molecule has 3 amide bonds. The van der Waals surface area contributed by atoms with Crippen molar-refractivity contribution in [3.63, 3.8) is 0 Å². The van der Waals surface area contributed by atoms with Crippen molar-refractivity contribution in [3.05, 3.63) is 114 Å².